The molecule has 0 aliphatic heterocycles. The van der Waals surface area contributed by atoms with Gasteiger partial charge in [-0.15, -0.1) is 0 Å². The third-order valence-corrected chi connectivity index (χ3v) is 3.38. The average molecular weight is 344 g/mol. The summed E-state index contributed by atoms with van der Waals surface area (Å²) in [5.41, 5.74) is 1.26. The Morgan fingerprint density at radius 3 is 2.62 bits per heavy atom. The van der Waals surface area contributed by atoms with Crippen molar-refractivity contribution in [3.05, 3.63) is 44.5 Å². The zero-order valence-corrected chi connectivity index (χ0v) is 11.5. The molecular weight excluding hydrogens is 335 g/mol. The first kappa shape index (κ1) is 11.5. The molecule has 2 aromatic rings. The molecule has 0 radical (unpaired) electrons. The molecule has 2 rings (SSSR count). The molecule has 0 atom stereocenters. The van der Waals surface area contributed by atoms with Crippen LogP contribution in [0.15, 0.2) is 30.3 Å². The molecule has 1 amide bonds. The molecule has 0 aliphatic rings. The first-order chi connectivity index (χ1) is 7.65. The van der Waals surface area contributed by atoms with Gasteiger partial charge in [-0.25, -0.2) is 0 Å². The minimum atomic E-state index is -0.162. The maximum Gasteiger partial charge on any atom is 0.275 e. The molecule has 5 heteroatoms. The Labute approximate surface area is 111 Å². The molecule has 0 bridgehead atoms. The van der Waals surface area contributed by atoms with Crippen LogP contribution in [-0.4, -0.2) is 10.3 Å². The number of anilines is 1. The molecule has 0 saturated heterocycles. The summed E-state index contributed by atoms with van der Waals surface area (Å²) in [5, 5.41) is 2.80. The van der Waals surface area contributed by atoms with E-state index >= 15 is 0 Å². The number of hydrogen-bond donors (Lipinski definition) is 1. The molecule has 0 unspecified atom stereocenters. The predicted octanol–water partition coefficient (Wildman–Crippen LogP) is 3.31. The van der Waals surface area contributed by atoms with E-state index in [1.807, 2.05) is 31.2 Å². The van der Waals surface area contributed by atoms with Gasteiger partial charge >= 0.3 is 0 Å². The fraction of sp³-hybridized carbons (Fsp3) is 0.0909. The molecule has 1 aromatic heterocycles. The van der Waals surface area contributed by atoms with E-state index in [-0.39, 0.29) is 5.91 Å². The Balaban J connectivity index is 2.10. The second-order valence-electron chi connectivity index (χ2n) is 3.28. The Hall–Kier alpha value is -0.950. The van der Waals surface area contributed by atoms with Crippen LogP contribution in [0, 0.1) is 10.5 Å². The van der Waals surface area contributed by atoms with Crippen molar-refractivity contribution in [2.45, 2.75) is 6.92 Å². The Bertz CT molecular complexity index is 507. The van der Waals surface area contributed by atoms with Gasteiger partial charge < -0.3 is 5.32 Å². The number of nitrogens with zero attached hydrogens (tertiary/aromatic N) is 1. The summed E-state index contributed by atoms with van der Waals surface area (Å²) in [4.78, 5) is 12.8. The Morgan fingerprint density at radius 1 is 1.38 bits per heavy atom. The number of halogens is 1. The third-order valence-electron chi connectivity index (χ3n) is 1.96. The molecule has 1 N–H and O–H groups in total. The Morgan fingerprint density at radius 2 is 2.06 bits per heavy atom. The average Bonchev–Trinajstić information content (AvgIpc) is 2.68. The summed E-state index contributed by atoms with van der Waals surface area (Å²) in [6.07, 6.45) is 0. The van der Waals surface area contributed by atoms with Crippen LogP contribution in [0.4, 0.5) is 5.69 Å². The van der Waals surface area contributed by atoms with Crippen molar-refractivity contribution < 1.29 is 4.79 Å². The van der Waals surface area contributed by atoms with Crippen molar-refractivity contribution in [3.8, 4) is 0 Å². The van der Waals surface area contributed by atoms with Gasteiger partial charge in [-0.3, -0.25) is 4.79 Å². The number of hydrogen-bond acceptors (Lipinski definition) is 3. The number of rotatable bonds is 2. The van der Waals surface area contributed by atoms with Gasteiger partial charge in [-0.1, -0.05) is 0 Å². The molecule has 1 aromatic carbocycles. The maximum atomic E-state index is 11.7. The molecule has 0 saturated carbocycles. The van der Waals surface area contributed by atoms with Crippen molar-refractivity contribution >= 4 is 45.7 Å². The van der Waals surface area contributed by atoms with Crippen LogP contribution < -0.4 is 5.32 Å². The summed E-state index contributed by atoms with van der Waals surface area (Å²) >= 11 is 3.56. The van der Waals surface area contributed by atoms with Gasteiger partial charge in [0, 0.05) is 14.1 Å². The van der Waals surface area contributed by atoms with Gasteiger partial charge in [0.05, 0.1) is 0 Å². The van der Waals surface area contributed by atoms with E-state index in [1.54, 1.807) is 6.07 Å². The minimum Gasteiger partial charge on any atom is -0.321 e. The third kappa shape index (κ3) is 2.79. The zero-order chi connectivity index (χ0) is 11.5. The molecule has 0 spiro atoms. The highest BCUT2D eigenvalue weighted by molar-refractivity contribution is 14.1. The minimum absolute atomic E-state index is 0.162. The van der Waals surface area contributed by atoms with Crippen LogP contribution in [-0.2, 0) is 0 Å². The largest absolute Gasteiger partial charge is 0.321 e. The topological polar surface area (TPSA) is 42.0 Å². The highest BCUT2D eigenvalue weighted by Crippen LogP contribution is 2.13. The second-order valence-corrected chi connectivity index (χ2v) is 5.54. The molecule has 3 nitrogen and oxygen atoms in total. The van der Waals surface area contributed by atoms with Gasteiger partial charge in [-0.05, 0) is 71.4 Å². The number of aromatic nitrogens is 1. The summed E-state index contributed by atoms with van der Waals surface area (Å²) in [6, 6.07) is 9.43. The van der Waals surface area contributed by atoms with E-state index in [9.17, 15) is 4.79 Å². The summed E-state index contributed by atoms with van der Waals surface area (Å²) in [5.74, 6) is -0.162. The van der Waals surface area contributed by atoms with Crippen LogP contribution in [0.1, 0.15) is 15.4 Å². The monoisotopic (exact) mass is 344 g/mol. The van der Waals surface area contributed by atoms with Gasteiger partial charge in [-0.2, -0.15) is 4.37 Å². The van der Waals surface area contributed by atoms with Gasteiger partial charge in [0.2, 0.25) is 0 Å². The van der Waals surface area contributed by atoms with Crippen LogP contribution >= 0.6 is 34.1 Å². The normalized spacial score (nSPS) is 10.1. The first-order valence-electron chi connectivity index (χ1n) is 4.65. The van der Waals surface area contributed by atoms with Crippen molar-refractivity contribution in [2.75, 3.05) is 5.32 Å². The van der Waals surface area contributed by atoms with E-state index in [0.29, 0.717) is 5.69 Å². The number of carbonyl (C=O) groups excluding carboxylic acids is 1. The van der Waals surface area contributed by atoms with Crippen LogP contribution in [0.2, 0.25) is 0 Å². The molecule has 82 valence electrons. The van der Waals surface area contributed by atoms with Gasteiger partial charge in [0.25, 0.3) is 5.91 Å². The fourth-order valence-corrected chi connectivity index (χ4v) is 2.10. The molecule has 0 fully saturated rings. The van der Waals surface area contributed by atoms with E-state index in [1.165, 1.54) is 11.5 Å². The lowest BCUT2D eigenvalue weighted by Gasteiger charge is -2.02. The molecule has 1 heterocycles. The van der Waals surface area contributed by atoms with Crippen LogP contribution in [0.3, 0.4) is 0 Å². The van der Waals surface area contributed by atoms with Crippen molar-refractivity contribution in [1.29, 1.82) is 0 Å². The van der Waals surface area contributed by atoms with Crippen LogP contribution in [0.5, 0.6) is 0 Å². The SMILES string of the molecule is Cc1cc(C(=O)Nc2ccc(I)cc2)ns1. The lowest BCUT2D eigenvalue weighted by molar-refractivity contribution is 0.102. The quantitative estimate of drug-likeness (QED) is 0.850. The summed E-state index contributed by atoms with van der Waals surface area (Å²) < 4.78 is 5.20. The zero-order valence-electron chi connectivity index (χ0n) is 8.53. The first-order valence-corrected chi connectivity index (χ1v) is 6.50. The van der Waals surface area contributed by atoms with Gasteiger partial charge in [0.15, 0.2) is 0 Å². The smallest absolute Gasteiger partial charge is 0.275 e. The lowest BCUT2D eigenvalue weighted by Crippen LogP contribution is -2.11. The van der Waals surface area contributed by atoms with Crippen molar-refractivity contribution in [2.24, 2.45) is 0 Å². The number of benzene rings is 1. The second kappa shape index (κ2) is 4.92. The number of aryl methyl sites for hydroxylation is 1. The summed E-state index contributed by atoms with van der Waals surface area (Å²) in [7, 11) is 0. The lowest BCUT2D eigenvalue weighted by atomic mass is 10.3. The highest BCUT2D eigenvalue weighted by Gasteiger charge is 2.09. The highest BCUT2D eigenvalue weighted by atomic mass is 127. The molecule has 0 aliphatic carbocycles. The van der Waals surface area contributed by atoms with Gasteiger partial charge in [0.1, 0.15) is 5.69 Å². The molecular formula is C11H9IN2OS. The molecule has 16 heavy (non-hydrogen) atoms. The van der Waals surface area contributed by atoms with E-state index in [2.05, 4.69) is 32.3 Å². The van der Waals surface area contributed by atoms with E-state index in [4.69, 9.17) is 0 Å². The van der Waals surface area contributed by atoms with Crippen molar-refractivity contribution in [1.82, 2.24) is 4.37 Å². The number of carbonyl (C=O) groups is 1. The summed E-state index contributed by atoms with van der Waals surface area (Å²) in [6.45, 7) is 1.93. The van der Waals surface area contributed by atoms with E-state index in [0.717, 1.165) is 14.1 Å². The predicted molar refractivity (Wildman–Crippen MR) is 74.0 cm³/mol. The standard InChI is InChI=1S/C11H9IN2OS/c1-7-6-10(14-16-7)11(15)13-9-4-2-8(12)3-5-9/h2-6H,1H3,(H,13,15). The van der Waals surface area contributed by atoms with E-state index < -0.39 is 0 Å². The van der Waals surface area contributed by atoms with Crippen molar-refractivity contribution in [3.63, 3.8) is 0 Å². The maximum absolute atomic E-state index is 11.7. The number of amides is 1. The Kier molecular flexibility index (Phi) is 3.55. The van der Waals surface area contributed by atoms with Crippen LogP contribution in [0.25, 0.3) is 0 Å². The number of nitrogens with one attached hydrogen (secondary N) is 1. The fourth-order valence-electron chi connectivity index (χ4n) is 1.20.